The van der Waals surface area contributed by atoms with E-state index in [1.54, 1.807) is 23.5 Å². The minimum Gasteiger partial charge on any atom is -0.313 e. The van der Waals surface area contributed by atoms with E-state index in [1.165, 1.54) is 6.07 Å². The summed E-state index contributed by atoms with van der Waals surface area (Å²) in [4.78, 5) is 4.52. The van der Waals surface area contributed by atoms with Crippen molar-refractivity contribution in [2.75, 3.05) is 6.54 Å². The third kappa shape index (κ3) is 4.69. The molecule has 4 heteroatoms. The van der Waals surface area contributed by atoms with Crippen LogP contribution in [0.3, 0.4) is 0 Å². The molecule has 0 spiro atoms. The molecule has 0 radical (unpaired) electrons. The predicted octanol–water partition coefficient (Wildman–Crippen LogP) is 3.74. The minimum absolute atomic E-state index is 0.165. The van der Waals surface area contributed by atoms with Crippen molar-refractivity contribution in [3.8, 4) is 0 Å². The number of benzene rings is 1. The van der Waals surface area contributed by atoms with Crippen molar-refractivity contribution in [2.45, 2.75) is 39.2 Å². The maximum Gasteiger partial charge on any atom is 0.123 e. The fourth-order valence-corrected chi connectivity index (χ4v) is 3.07. The van der Waals surface area contributed by atoms with Crippen LogP contribution in [-0.4, -0.2) is 17.6 Å². The summed E-state index contributed by atoms with van der Waals surface area (Å²) in [5.41, 5.74) is 2.11. The van der Waals surface area contributed by atoms with Crippen molar-refractivity contribution in [3.05, 3.63) is 51.7 Å². The number of hydrogen-bond donors (Lipinski definition) is 1. The first-order valence-electron chi connectivity index (χ1n) is 7.06. The van der Waals surface area contributed by atoms with Crippen LogP contribution in [0.1, 0.15) is 29.6 Å². The van der Waals surface area contributed by atoms with E-state index in [9.17, 15) is 4.39 Å². The van der Waals surface area contributed by atoms with Gasteiger partial charge in [-0.1, -0.05) is 19.1 Å². The summed E-state index contributed by atoms with van der Waals surface area (Å²) in [6, 6.07) is 7.17. The van der Waals surface area contributed by atoms with Gasteiger partial charge in [-0.25, -0.2) is 9.37 Å². The Labute approximate surface area is 124 Å². The highest BCUT2D eigenvalue weighted by molar-refractivity contribution is 7.09. The molecule has 1 aromatic heterocycles. The third-order valence-electron chi connectivity index (χ3n) is 3.14. The summed E-state index contributed by atoms with van der Waals surface area (Å²) < 4.78 is 13.3. The molecule has 1 atom stereocenters. The van der Waals surface area contributed by atoms with Gasteiger partial charge in [0.15, 0.2) is 0 Å². The predicted molar refractivity (Wildman–Crippen MR) is 82.7 cm³/mol. The highest BCUT2D eigenvalue weighted by atomic mass is 32.1. The second-order valence-electron chi connectivity index (χ2n) is 5.07. The van der Waals surface area contributed by atoms with Crippen LogP contribution in [0.2, 0.25) is 0 Å². The Hall–Kier alpha value is -1.26. The molecule has 1 unspecified atom stereocenters. The summed E-state index contributed by atoms with van der Waals surface area (Å²) >= 11 is 1.70. The van der Waals surface area contributed by atoms with Gasteiger partial charge >= 0.3 is 0 Å². The highest BCUT2D eigenvalue weighted by Crippen LogP contribution is 2.14. The van der Waals surface area contributed by atoms with Gasteiger partial charge < -0.3 is 5.32 Å². The van der Waals surface area contributed by atoms with Crippen molar-refractivity contribution in [1.29, 1.82) is 0 Å². The molecule has 0 saturated carbocycles. The van der Waals surface area contributed by atoms with Gasteiger partial charge in [0, 0.05) is 23.5 Å². The van der Waals surface area contributed by atoms with Crippen LogP contribution < -0.4 is 5.32 Å². The number of nitrogens with zero attached hydrogens (tertiary/aromatic N) is 1. The molecule has 1 aromatic carbocycles. The average Bonchev–Trinajstić information content (AvgIpc) is 2.81. The average molecular weight is 292 g/mol. The van der Waals surface area contributed by atoms with Gasteiger partial charge in [-0.2, -0.15) is 0 Å². The lowest BCUT2D eigenvalue weighted by molar-refractivity contribution is 0.502. The van der Waals surface area contributed by atoms with E-state index >= 15 is 0 Å². The number of hydrogen-bond acceptors (Lipinski definition) is 3. The number of aryl methyl sites for hydroxylation is 1. The maximum atomic E-state index is 13.3. The third-order valence-corrected chi connectivity index (χ3v) is 4.13. The SMILES string of the molecule is CCCNC(Cc1cccc(F)c1)Cc1nc(C)cs1. The van der Waals surface area contributed by atoms with Crippen molar-refractivity contribution in [3.63, 3.8) is 0 Å². The smallest absolute Gasteiger partial charge is 0.123 e. The molecule has 0 aliphatic heterocycles. The number of halogens is 1. The number of thiazole rings is 1. The van der Waals surface area contributed by atoms with Crippen LogP contribution >= 0.6 is 11.3 Å². The first-order valence-corrected chi connectivity index (χ1v) is 7.94. The zero-order chi connectivity index (χ0) is 14.4. The molecule has 0 aliphatic carbocycles. The summed E-state index contributed by atoms with van der Waals surface area (Å²) in [7, 11) is 0. The maximum absolute atomic E-state index is 13.3. The van der Waals surface area contributed by atoms with E-state index in [0.717, 1.165) is 42.1 Å². The Morgan fingerprint density at radius 1 is 1.35 bits per heavy atom. The van der Waals surface area contributed by atoms with Crippen molar-refractivity contribution >= 4 is 11.3 Å². The molecule has 0 aliphatic rings. The summed E-state index contributed by atoms with van der Waals surface area (Å²) in [6.07, 6.45) is 2.82. The molecule has 0 amide bonds. The Morgan fingerprint density at radius 2 is 2.20 bits per heavy atom. The van der Waals surface area contributed by atoms with Gasteiger partial charge in [-0.3, -0.25) is 0 Å². The first kappa shape index (κ1) is 15.1. The van der Waals surface area contributed by atoms with Crippen LogP contribution in [0.4, 0.5) is 4.39 Å². The molecular formula is C16H21FN2S. The zero-order valence-corrected chi connectivity index (χ0v) is 12.8. The molecule has 0 bridgehead atoms. The lowest BCUT2D eigenvalue weighted by Gasteiger charge is -2.17. The molecule has 20 heavy (non-hydrogen) atoms. The molecule has 0 fully saturated rings. The second kappa shape index (κ2) is 7.50. The molecule has 1 N–H and O–H groups in total. The van der Waals surface area contributed by atoms with E-state index in [0.29, 0.717) is 6.04 Å². The lowest BCUT2D eigenvalue weighted by atomic mass is 10.0. The Bertz CT molecular complexity index is 539. The summed E-state index contributed by atoms with van der Waals surface area (Å²) in [5.74, 6) is -0.165. The van der Waals surface area contributed by atoms with Crippen molar-refractivity contribution in [2.24, 2.45) is 0 Å². The molecule has 1 heterocycles. The van der Waals surface area contributed by atoms with Crippen LogP contribution in [-0.2, 0) is 12.8 Å². The van der Waals surface area contributed by atoms with Crippen LogP contribution in [0, 0.1) is 12.7 Å². The van der Waals surface area contributed by atoms with Gasteiger partial charge in [-0.05, 0) is 44.0 Å². The molecular weight excluding hydrogens is 271 g/mol. The fraction of sp³-hybridized carbons (Fsp3) is 0.438. The highest BCUT2D eigenvalue weighted by Gasteiger charge is 2.12. The molecule has 2 rings (SSSR count). The lowest BCUT2D eigenvalue weighted by Crippen LogP contribution is -2.33. The van der Waals surface area contributed by atoms with E-state index in [-0.39, 0.29) is 5.82 Å². The summed E-state index contributed by atoms with van der Waals surface area (Å²) in [5, 5.41) is 6.76. The van der Waals surface area contributed by atoms with Gasteiger partial charge in [0.1, 0.15) is 5.82 Å². The van der Waals surface area contributed by atoms with Gasteiger partial charge in [-0.15, -0.1) is 11.3 Å². The Morgan fingerprint density at radius 3 is 2.85 bits per heavy atom. The fourth-order valence-electron chi connectivity index (χ4n) is 2.22. The molecule has 2 aromatic rings. The van der Waals surface area contributed by atoms with E-state index in [2.05, 4.69) is 22.6 Å². The van der Waals surface area contributed by atoms with E-state index in [4.69, 9.17) is 0 Å². The van der Waals surface area contributed by atoms with Gasteiger partial charge in [0.25, 0.3) is 0 Å². The molecule has 0 saturated heterocycles. The minimum atomic E-state index is -0.165. The monoisotopic (exact) mass is 292 g/mol. The number of aromatic nitrogens is 1. The van der Waals surface area contributed by atoms with Crippen LogP contribution in [0.5, 0.6) is 0 Å². The normalized spacial score (nSPS) is 12.6. The Balaban J connectivity index is 2.02. The van der Waals surface area contributed by atoms with Gasteiger partial charge in [0.2, 0.25) is 0 Å². The topological polar surface area (TPSA) is 24.9 Å². The number of nitrogens with one attached hydrogen (secondary N) is 1. The van der Waals surface area contributed by atoms with Gasteiger partial charge in [0.05, 0.1) is 5.01 Å². The first-order chi connectivity index (χ1) is 9.67. The quantitative estimate of drug-likeness (QED) is 0.841. The second-order valence-corrected chi connectivity index (χ2v) is 6.01. The Kier molecular flexibility index (Phi) is 5.68. The largest absolute Gasteiger partial charge is 0.313 e. The van der Waals surface area contributed by atoms with E-state index < -0.39 is 0 Å². The molecule has 2 nitrogen and oxygen atoms in total. The van der Waals surface area contributed by atoms with Crippen LogP contribution in [0.15, 0.2) is 29.6 Å². The molecule has 108 valence electrons. The standard InChI is InChI=1S/C16H21FN2S/c1-3-7-18-15(10-16-19-12(2)11-20-16)9-13-5-4-6-14(17)8-13/h4-6,8,11,15,18H,3,7,9-10H2,1-2H3. The van der Waals surface area contributed by atoms with Crippen LogP contribution in [0.25, 0.3) is 0 Å². The zero-order valence-electron chi connectivity index (χ0n) is 12.0. The van der Waals surface area contributed by atoms with Crippen molar-refractivity contribution < 1.29 is 4.39 Å². The van der Waals surface area contributed by atoms with Crippen molar-refractivity contribution in [1.82, 2.24) is 10.3 Å². The van der Waals surface area contributed by atoms with E-state index in [1.807, 2.05) is 13.0 Å². The summed E-state index contributed by atoms with van der Waals surface area (Å²) in [6.45, 7) is 5.14. The number of rotatable bonds is 7.